The SMILES string of the molecule is CC.CNc1ccc(COC(C)=O)cc1.[HH]. The second-order valence-corrected chi connectivity index (χ2v) is 2.73. The average molecular weight is 211 g/mol. The zero-order chi connectivity index (χ0) is 11.7. The van der Waals surface area contributed by atoms with E-state index in [9.17, 15) is 4.79 Å². The van der Waals surface area contributed by atoms with Crippen molar-refractivity contribution in [3.05, 3.63) is 29.8 Å². The number of benzene rings is 1. The van der Waals surface area contributed by atoms with Crippen LogP contribution in [-0.4, -0.2) is 13.0 Å². The van der Waals surface area contributed by atoms with Crippen molar-refractivity contribution in [2.24, 2.45) is 0 Å². The molecule has 15 heavy (non-hydrogen) atoms. The summed E-state index contributed by atoms with van der Waals surface area (Å²) >= 11 is 0. The van der Waals surface area contributed by atoms with Crippen molar-refractivity contribution in [1.82, 2.24) is 0 Å². The van der Waals surface area contributed by atoms with Gasteiger partial charge in [-0.25, -0.2) is 0 Å². The highest BCUT2D eigenvalue weighted by molar-refractivity contribution is 5.65. The molecule has 0 amide bonds. The summed E-state index contributed by atoms with van der Waals surface area (Å²) in [6, 6.07) is 7.74. The topological polar surface area (TPSA) is 38.3 Å². The van der Waals surface area contributed by atoms with Crippen LogP contribution in [0.4, 0.5) is 5.69 Å². The maximum atomic E-state index is 10.5. The van der Waals surface area contributed by atoms with Crippen LogP contribution >= 0.6 is 0 Å². The van der Waals surface area contributed by atoms with Gasteiger partial charge >= 0.3 is 5.97 Å². The van der Waals surface area contributed by atoms with Gasteiger partial charge in [-0.1, -0.05) is 26.0 Å². The molecule has 0 unspecified atom stereocenters. The number of carbonyl (C=O) groups excluding carboxylic acids is 1. The number of anilines is 1. The Morgan fingerprint density at radius 2 is 1.87 bits per heavy atom. The van der Waals surface area contributed by atoms with Gasteiger partial charge in [-0.15, -0.1) is 0 Å². The Morgan fingerprint density at radius 3 is 2.27 bits per heavy atom. The molecule has 1 N–H and O–H groups in total. The highest BCUT2D eigenvalue weighted by Gasteiger charge is 1.95. The lowest BCUT2D eigenvalue weighted by atomic mass is 10.2. The number of rotatable bonds is 3. The molecule has 0 spiro atoms. The van der Waals surface area contributed by atoms with Gasteiger partial charge in [0.25, 0.3) is 0 Å². The normalized spacial score (nSPS) is 8.53. The highest BCUT2D eigenvalue weighted by atomic mass is 16.5. The van der Waals surface area contributed by atoms with Gasteiger partial charge in [0.15, 0.2) is 0 Å². The summed E-state index contributed by atoms with van der Waals surface area (Å²) in [4.78, 5) is 10.5. The number of carbonyl (C=O) groups is 1. The standard InChI is InChI=1S/C10H13NO2.C2H6.H2/c1-8(12)13-7-9-3-5-10(11-2)6-4-9;1-2;/h3-6,11H,7H2,1-2H3;1-2H3;1H. The van der Waals surface area contributed by atoms with E-state index in [4.69, 9.17) is 4.74 Å². The molecule has 0 fully saturated rings. The van der Waals surface area contributed by atoms with E-state index in [1.54, 1.807) is 0 Å². The fraction of sp³-hybridized carbons (Fsp3) is 0.417. The maximum absolute atomic E-state index is 10.5. The molecule has 1 aromatic carbocycles. The molecule has 0 aliphatic carbocycles. The monoisotopic (exact) mass is 211 g/mol. The fourth-order valence-electron chi connectivity index (χ4n) is 0.953. The van der Waals surface area contributed by atoms with Crippen LogP contribution in [0.25, 0.3) is 0 Å². The van der Waals surface area contributed by atoms with Crippen molar-refractivity contribution in [2.75, 3.05) is 12.4 Å². The number of hydrogen-bond donors (Lipinski definition) is 1. The third-order valence-electron chi connectivity index (χ3n) is 1.68. The molecule has 0 atom stereocenters. The first-order valence-corrected chi connectivity index (χ1v) is 5.12. The number of esters is 1. The predicted molar refractivity (Wildman–Crippen MR) is 64.9 cm³/mol. The van der Waals surface area contributed by atoms with Crippen molar-refractivity contribution in [3.63, 3.8) is 0 Å². The summed E-state index contributed by atoms with van der Waals surface area (Å²) in [7, 11) is 1.86. The van der Waals surface area contributed by atoms with Gasteiger partial charge < -0.3 is 10.1 Å². The predicted octanol–water partition coefficient (Wildman–Crippen LogP) is 3.06. The highest BCUT2D eigenvalue weighted by Crippen LogP contribution is 2.09. The van der Waals surface area contributed by atoms with Gasteiger partial charge in [-0.05, 0) is 17.7 Å². The minimum atomic E-state index is -0.252. The lowest BCUT2D eigenvalue weighted by Crippen LogP contribution is -1.98. The van der Waals surface area contributed by atoms with E-state index < -0.39 is 0 Å². The second kappa shape index (κ2) is 7.85. The molecule has 0 radical (unpaired) electrons. The molecule has 1 aromatic rings. The van der Waals surface area contributed by atoms with Crippen LogP contribution in [0.15, 0.2) is 24.3 Å². The van der Waals surface area contributed by atoms with Gasteiger partial charge in [0, 0.05) is 21.1 Å². The molecular weight excluding hydrogens is 190 g/mol. The molecule has 3 nitrogen and oxygen atoms in total. The largest absolute Gasteiger partial charge is 0.461 e. The van der Waals surface area contributed by atoms with Gasteiger partial charge in [0.2, 0.25) is 0 Å². The van der Waals surface area contributed by atoms with Crippen molar-refractivity contribution in [3.8, 4) is 0 Å². The lowest BCUT2D eigenvalue weighted by molar-refractivity contribution is -0.142. The van der Waals surface area contributed by atoms with Crippen LogP contribution in [-0.2, 0) is 16.1 Å². The quantitative estimate of drug-likeness (QED) is 0.781. The summed E-state index contributed by atoms with van der Waals surface area (Å²) in [5.74, 6) is -0.252. The first kappa shape index (κ1) is 13.5. The number of hydrogen-bond acceptors (Lipinski definition) is 3. The smallest absolute Gasteiger partial charge is 0.302 e. The summed E-state index contributed by atoms with van der Waals surface area (Å²) in [5.41, 5.74) is 2.04. The van der Waals surface area contributed by atoms with Crippen molar-refractivity contribution >= 4 is 11.7 Å². The lowest BCUT2D eigenvalue weighted by Gasteiger charge is -2.03. The summed E-state index contributed by atoms with van der Waals surface area (Å²) in [6.07, 6.45) is 0. The zero-order valence-corrected chi connectivity index (χ0v) is 9.83. The molecule has 0 saturated heterocycles. The summed E-state index contributed by atoms with van der Waals surface area (Å²) in [5, 5.41) is 3.01. The zero-order valence-electron chi connectivity index (χ0n) is 9.83. The molecule has 3 heteroatoms. The number of nitrogens with one attached hydrogen (secondary N) is 1. The van der Waals surface area contributed by atoms with E-state index in [0.717, 1.165) is 11.3 Å². The average Bonchev–Trinajstić information content (AvgIpc) is 2.30. The summed E-state index contributed by atoms with van der Waals surface area (Å²) < 4.78 is 4.84. The Labute approximate surface area is 92.9 Å². The Balaban J connectivity index is 0. The van der Waals surface area contributed by atoms with Crippen molar-refractivity contribution in [1.29, 1.82) is 0 Å². The van der Waals surface area contributed by atoms with Crippen molar-refractivity contribution in [2.45, 2.75) is 27.4 Å². The van der Waals surface area contributed by atoms with Crippen LogP contribution in [0.2, 0.25) is 0 Å². The molecule has 0 bridgehead atoms. The third-order valence-corrected chi connectivity index (χ3v) is 1.68. The van der Waals surface area contributed by atoms with E-state index in [-0.39, 0.29) is 7.40 Å². The minimum Gasteiger partial charge on any atom is -0.461 e. The Kier molecular flexibility index (Phi) is 7.06. The van der Waals surface area contributed by atoms with Crippen LogP contribution in [0.1, 0.15) is 27.8 Å². The fourth-order valence-corrected chi connectivity index (χ4v) is 0.953. The first-order chi connectivity index (χ1) is 7.22. The minimum absolute atomic E-state index is 0. The van der Waals surface area contributed by atoms with E-state index in [2.05, 4.69) is 5.32 Å². The van der Waals surface area contributed by atoms with Crippen LogP contribution in [0.3, 0.4) is 0 Å². The molecule has 1 rings (SSSR count). The molecule has 0 aliphatic rings. The number of ether oxygens (including phenoxy) is 1. The van der Waals surface area contributed by atoms with Gasteiger partial charge in [-0.2, -0.15) is 0 Å². The van der Waals surface area contributed by atoms with Gasteiger partial charge in [0.05, 0.1) is 0 Å². The summed E-state index contributed by atoms with van der Waals surface area (Å²) in [6.45, 7) is 5.75. The molecule has 0 heterocycles. The second-order valence-electron chi connectivity index (χ2n) is 2.73. The maximum Gasteiger partial charge on any atom is 0.302 e. The van der Waals surface area contributed by atoms with E-state index in [0.29, 0.717) is 6.61 Å². The molecule has 86 valence electrons. The molecule has 0 saturated carbocycles. The third kappa shape index (κ3) is 5.73. The van der Waals surface area contributed by atoms with Gasteiger partial charge in [0.1, 0.15) is 6.61 Å². The Morgan fingerprint density at radius 1 is 1.33 bits per heavy atom. The van der Waals surface area contributed by atoms with Crippen molar-refractivity contribution < 1.29 is 11.0 Å². The van der Waals surface area contributed by atoms with E-state index >= 15 is 0 Å². The molecule has 0 aliphatic heterocycles. The van der Waals surface area contributed by atoms with Crippen LogP contribution in [0.5, 0.6) is 0 Å². The van der Waals surface area contributed by atoms with Gasteiger partial charge in [-0.3, -0.25) is 4.79 Å². The Bertz CT molecular complexity index is 286. The van der Waals surface area contributed by atoms with Crippen LogP contribution < -0.4 is 5.32 Å². The Hall–Kier alpha value is -1.51. The molecular formula is C12H21NO2. The van der Waals surface area contributed by atoms with E-state index in [1.807, 2.05) is 45.2 Å². The van der Waals surface area contributed by atoms with E-state index in [1.165, 1.54) is 6.92 Å². The first-order valence-electron chi connectivity index (χ1n) is 5.12. The molecule has 0 aromatic heterocycles. The van der Waals surface area contributed by atoms with Crippen LogP contribution in [0, 0.1) is 0 Å².